The Morgan fingerprint density at radius 2 is 1.68 bits per heavy atom. The number of aliphatic hydroxyl groups excluding tert-OH is 4. The van der Waals surface area contributed by atoms with Crippen molar-refractivity contribution in [1.29, 1.82) is 0 Å². The molecule has 1 aliphatic heterocycles. The van der Waals surface area contributed by atoms with Gasteiger partial charge in [0.2, 0.25) is 6.29 Å². The van der Waals surface area contributed by atoms with E-state index in [0.717, 1.165) is 0 Å². The van der Waals surface area contributed by atoms with Gasteiger partial charge in [0.25, 0.3) is 0 Å². The van der Waals surface area contributed by atoms with Gasteiger partial charge in [-0.1, -0.05) is 0 Å². The first-order valence-electron chi connectivity index (χ1n) is 5.85. The number of anilines is 1. The molecule has 2 unspecified atom stereocenters. The second-order valence-corrected chi connectivity index (χ2v) is 4.38. The minimum Gasteiger partial charge on any atom is -0.462 e. The SMILES string of the molecule is Nc1ccc(O[C@@H]2OC(CO)[C@@H](O)C(O)[C@@H]2O)cc1. The van der Waals surface area contributed by atoms with Crippen LogP contribution in [0.15, 0.2) is 24.3 Å². The van der Waals surface area contributed by atoms with Crippen LogP contribution in [0.1, 0.15) is 0 Å². The average molecular weight is 271 g/mol. The second-order valence-electron chi connectivity index (χ2n) is 4.38. The Kier molecular flexibility index (Phi) is 4.23. The Morgan fingerprint density at radius 3 is 2.26 bits per heavy atom. The van der Waals surface area contributed by atoms with Crippen molar-refractivity contribution in [3.63, 3.8) is 0 Å². The van der Waals surface area contributed by atoms with Gasteiger partial charge in [-0.3, -0.25) is 0 Å². The first kappa shape index (κ1) is 14.0. The highest BCUT2D eigenvalue weighted by atomic mass is 16.7. The van der Waals surface area contributed by atoms with Crippen LogP contribution in [-0.2, 0) is 4.74 Å². The lowest BCUT2D eigenvalue weighted by Crippen LogP contribution is -2.60. The van der Waals surface area contributed by atoms with E-state index in [0.29, 0.717) is 11.4 Å². The Labute approximate surface area is 109 Å². The van der Waals surface area contributed by atoms with E-state index in [-0.39, 0.29) is 0 Å². The van der Waals surface area contributed by atoms with E-state index < -0.39 is 37.3 Å². The van der Waals surface area contributed by atoms with Gasteiger partial charge in [-0.05, 0) is 24.3 Å². The molecule has 0 aliphatic carbocycles. The Hall–Kier alpha value is -1.38. The normalized spacial score (nSPS) is 35.1. The van der Waals surface area contributed by atoms with Gasteiger partial charge in [0.1, 0.15) is 30.2 Å². The van der Waals surface area contributed by atoms with Crippen molar-refractivity contribution in [2.45, 2.75) is 30.7 Å². The Balaban J connectivity index is 2.08. The summed E-state index contributed by atoms with van der Waals surface area (Å²) in [5.41, 5.74) is 6.09. The topological polar surface area (TPSA) is 125 Å². The maximum absolute atomic E-state index is 9.77. The number of benzene rings is 1. The van der Waals surface area contributed by atoms with Crippen molar-refractivity contribution in [2.24, 2.45) is 0 Å². The van der Waals surface area contributed by atoms with Crippen LogP contribution in [0.4, 0.5) is 5.69 Å². The Morgan fingerprint density at radius 1 is 1.05 bits per heavy atom. The van der Waals surface area contributed by atoms with Crippen molar-refractivity contribution < 1.29 is 29.9 Å². The number of aliphatic hydroxyl groups is 4. The third kappa shape index (κ3) is 2.96. The third-order valence-corrected chi connectivity index (χ3v) is 2.98. The summed E-state index contributed by atoms with van der Waals surface area (Å²) in [5, 5.41) is 38.0. The predicted molar refractivity (Wildman–Crippen MR) is 65.2 cm³/mol. The van der Waals surface area contributed by atoms with Gasteiger partial charge in [0.05, 0.1) is 6.61 Å². The fourth-order valence-corrected chi connectivity index (χ4v) is 1.85. The summed E-state index contributed by atoms with van der Waals surface area (Å²) in [6, 6.07) is 6.38. The predicted octanol–water partition coefficient (Wildman–Crippen LogP) is -1.55. The quantitative estimate of drug-likeness (QED) is 0.421. The molecule has 0 amide bonds. The lowest BCUT2D eigenvalue weighted by atomic mass is 9.99. The zero-order valence-corrected chi connectivity index (χ0v) is 10.1. The molecule has 7 nitrogen and oxygen atoms in total. The summed E-state index contributed by atoms with van der Waals surface area (Å²) in [4.78, 5) is 0. The smallest absolute Gasteiger partial charge is 0.229 e. The molecular formula is C12H17NO6. The fourth-order valence-electron chi connectivity index (χ4n) is 1.85. The van der Waals surface area contributed by atoms with E-state index in [1.54, 1.807) is 24.3 Å². The van der Waals surface area contributed by atoms with Gasteiger partial charge in [-0.25, -0.2) is 0 Å². The van der Waals surface area contributed by atoms with Crippen molar-refractivity contribution in [3.8, 4) is 5.75 Å². The summed E-state index contributed by atoms with van der Waals surface area (Å²) in [6.07, 6.45) is -6.44. The molecule has 0 bridgehead atoms. The van der Waals surface area contributed by atoms with E-state index in [9.17, 15) is 15.3 Å². The van der Waals surface area contributed by atoms with E-state index in [2.05, 4.69) is 0 Å². The van der Waals surface area contributed by atoms with Crippen LogP contribution in [0.2, 0.25) is 0 Å². The summed E-state index contributed by atoms with van der Waals surface area (Å²) in [6.45, 7) is -0.494. The van der Waals surface area contributed by atoms with Gasteiger partial charge in [0, 0.05) is 5.69 Å². The van der Waals surface area contributed by atoms with Crippen molar-refractivity contribution in [2.75, 3.05) is 12.3 Å². The standard InChI is InChI=1S/C12H17NO6/c13-6-1-3-7(4-2-6)18-12-11(17)10(16)9(15)8(5-14)19-12/h1-4,8-12,14-17H,5,13H2/t8?,9-,10?,11+,12-/m1/s1. The number of rotatable bonds is 3. The molecule has 0 radical (unpaired) electrons. The molecule has 1 heterocycles. The lowest BCUT2D eigenvalue weighted by Gasteiger charge is -2.39. The van der Waals surface area contributed by atoms with Crippen LogP contribution in [0, 0.1) is 0 Å². The van der Waals surface area contributed by atoms with E-state index in [1.807, 2.05) is 0 Å². The maximum atomic E-state index is 9.77. The highest BCUT2D eigenvalue weighted by Crippen LogP contribution is 2.24. The molecule has 5 atom stereocenters. The van der Waals surface area contributed by atoms with Crippen LogP contribution in [0.25, 0.3) is 0 Å². The number of nitrogen functional groups attached to an aromatic ring is 1. The molecule has 6 N–H and O–H groups in total. The minimum absolute atomic E-state index is 0.388. The average Bonchev–Trinajstić information content (AvgIpc) is 2.42. The largest absolute Gasteiger partial charge is 0.462 e. The molecule has 1 saturated heterocycles. The van der Waals surface area contributed by atoms with E-state index in [1.165, 1.54) is 0 Å². The molecule has 7 heteroatoms. The molecule has 1 aromatic rings. The number of nitrogens with two attached hydrogens (primary N) is 1. The molecule has 0 aromatic heterocycles. The summed E-state index contributed by atoms with van der Waals surface area (Å²) < 4.78 is 10.6. The fraction of sp³-hybridized carbons (Fsp3) is 0.500. The monoisotopic (exact) mass is 271 g/mol. The molecule has 0 saturated carbocycles. The van der Waals surface area contributed by atoms with Crippen LogP contribution < -0.4 is 10.5 Å². The van der Waals surface area contributed by atoms with E-state index in [4.69, 9.17) is 20.3 Å². The van der Waals surface area contributed by atoms with Crippen LogP contribution in [0.5, 0.6) is 5.75 Å². The minimum atomic E-state index is -1.45. The third-order valence-electron chi connectivity index (χ3n) is 2.98. The summed E-state index contributed by atoms with van der Waals surface area (Å²) >= 11 is 0. The van der Waals surface area contributed by atoms with Crippen LogP contribution >= 0.6 is 0 Å². The van der Waals surface area contributed by atoms with Gasteiger partial charge >= 0.3 is 0 Å². The van der Waals surface area contributed by atoms with Crippen molar-refractivity contribution >= 4 is 5.69 Å². The number of hydrogen-bond acceptors (Lipinski definition) is 7. The molecule has 1 fully saturated rings. The molecule has 1 aromatic carbocycles. The zero-order valence-electron chi connectivity index (χ0n) is 10.1. The zero-order chi connectivity index (χ0) is 14.0. The van der Waals surface area contributed by atoms with Gasteiger partial charge in [-0.2, -0.15) is 0 Å². The van der Waals surface area contributed by atoms with Crippen LogP contribution in [0.3, 0.4) is 0 Å². The maximum Gasteiger partial charge on any atom is 0.229 e. The summed E-state index contributed by atoms with van der Waals surface area (Å²) in [7, 11) is 0. The molecule has 19 heavy (non-hydrogen) atoms. The Bertz CT molecular complexity index is 409. The molecule has 1 aliphatic rings. The highest BCUT2D eigenvalue weighted by Gasteiger charge is 2.44. The molecule has 2 rings (SSSR count). The van der Waals surface area contributed by atoms with Crippen molar-refractivity contribution in [3.05, 3.63) is 24.3 Å². The van der Waals surface area contributed by atoms with E-state index >= 15 is 0 Å². The molecule has 106 valence electrons. The van der Waals surface area contributed by atoms with Gasteiger partial charge in [-0.15, -0.1) is 0 Å². The lowest BCUT2D eigenvalue weighted by molar-refractivity contribution is -0.277. The van der Waals surface area contributed by atoms with Gasteiger partial charge < -0.3 is 35.6 Å². The number of hydrogen-bond donors (Lipinski definition) is 5. The number of ether oxygens (including phenoxy) is 2. The first-order valence-corrected chi connectivity index (χ1v) is 5.85. The highest BCUT2D eigenvalue weighted by molar-refractivity contribution is 5.41. The second kappa shape index (κ2) is 5.72. The summed E-state index contributed by atoms with van der Waals surface area (Å²) in [5.74, 6) is 0.388. The molecule has 0 spiro atoms. The van der Waals surface area contributed by atoms with Crippen molar-refractivity contribution in [1.82, 2.24) is 0 Å². The van der Waals surface area contributed by atoms with Crippen LogP contribution in [-0.4, -0.2) is 57.7 Å². The first-order chi connectivity index (χ1) is 9.02. The van der Waals surface area contributed by atoms with Gasteiger partial charge in [0.15, 0.2) is 0 Å². The molecular weight excluding hydrogens is 254 g/mol.